The standard InChI is InChI=1S/C20H16Cl2N4O5/c1-2-25-6-5-10-7-12(3-4-13(10)19(25)28)30-16-14(21)8-11(9-15(16)22)26-18(17(23)27)24-31-20(26)29/h3-4,7-9H,2,5-6H2,1H3,(H2,23,27). The fourth-order valence-corrected chi connectivity index (χ4v) is 3.96. The Morgan fingerprint density at radius 3 is 2.58 bits per heavy atom. The minimum Gasteiger partial charge on any atom is -0.454 e. The van der Waals surface area contributed by atoms with Crippen LogP contribution in [-0.2, 0) is 6.42 Å². The molecule has 2 N–H and O–H groups in total. The third-order valence-electron chi connectivity index (χ3n) is 4.91. The first-order chi connectivity index (χ1) is 14.8. The van der Waals surface area contributed by atoms with Crippen LogP contribution >= 0.6 is 23.2 Å². The predicted octanol–water partition coefficient (Wildman–Crippen LogP) is 3.04. The molecule has 0 radical (unpaired) electrons. The van der Waals surface area contributed by atoms with Gasteiger partial charge in [-0.15, -0.1) is 0 Å². The van der Waals surface area contributed by atoms with Crippen LogP contribution in [0.25, 0.3) is 5.69 Å². The molecule has 31 heavy (non-hydrogen) atoms. The number of hydrogen-bond donors (Lipinski definition) is 1. The molecule has 0 unspecified atom stereocenters. The maximum absolute atomic E-state index is 12.4. The van der Waals surface area contributed by atoms with Gasteiger partial charge in [-0.3, -0.25) is 14.1 Å². The maximum atomic E-state index is 12.4. The Hall–Kier alpha value is -3.30. The summed E-state index contributed by atoms with van der Waals surface area (Å²) in [6, 6.07) is 7.88. The third kappa shape index (κ3) is 3.77. The molecule has 0 saturated carbocycles. The summed E-state index contributed by atoms with van der Waals surface area (Å²) in [5.74, 6) is -1.69. The molecule has 11 heteroatoms. The van der Waals surface area contributed by atoms with E-state index in [1.165, 1.54) is 12.1 Å². The highest BCUT2D eigenvalue weighted by Gasteiger charge is 2.24. The van der Waals surface area contributed by atoms with Crippen LogP contribution in [0.5, 0.6) is 11.5 Å². The SMILES string of the molecule is CCN1CCc2cc(Oc3c(Cl)cc(-n4c(C(N)=O)noc4=O)cc3Cl)ccc2C1=O. The molecule has 2 heterocycles. The van der Waals surface area contributed by atoms with Gasteiger partial charge in [0.1, 0.15) is 5.75 Å². The van der Waals surface area contributed by atoms with E-state index in [2.05, 4.69) is 9.68 Å². The Bertz CT molecular complexity index is 1240. The summed E-state index contributed by atoms with van der Waals surface area (Å²) in [5, 5.41) is 3.51. The zero-order valence-electron chi connectivity index (χ0n) is 16.2. The van der Waals surface area contributed by atoms with Crippen LogP contribution in [0.2, 0.25) is 10.0 Å². The molecule has 160 valence electrons. The Balaban J connectivity index is 1.67. The van der Waals surface area contributed by atoms with Crippen LogP contribution in [0.1, 0.15) is 33.5 Å². The van der Waals surface area contributed by atoms with Crippen LogP contribution in [0.15, 0.2) is 39.6 Å². The molecule has 0 bridgehead atoms. The third-order valence-corrected chi connectivity index (χ3v) is 5.47. The molecule has 0 spiro atoms. The van der Waals surface area contributed by atoms with Crippen LogP contribution in [0, 0.1) is 0 Å². The summed E-state index contributed by atoms with van der Waals surface area (Å²) in [5.41, 5.74) is 6.87. The number of aromatic nitrogens is 2. The molecule has 1 aliphatic rings. The number of carbonyl (C=O) groups excluding carboxylic acids is 2. The summed E-state index contributed by atoms with van der Waals surface area (Å²) in [6.07, 6.45) is 0.707. The number of fused-ring (bicyclic) bond motifs is 1. The van der Waals surface area contributed by atoms with E-state index in [0.29, 0.717) is 30.8 Å². The largest absolute Gasteiger partial charge is 0.454 e. The van der Waals surface area contributed by atoms with Crippen molar-refractivity contribution in [2.75, 3.05) is 13.1 Å². The first-order valence-corrected chi connectivity index (χ1v) is 10.0. The van der Waals surface area contributed by atoms with Gasteiger partial charge >= 0.3 is 5.76 Å². The quantitative estimate of drug-likeness (QED) is 0.621. The van der Waals surface area contributed by atoms with Crippen molar-refractivity contribution < 1.29 is 18.8 Å². The Kier molecular flexibility index (Phi) is 5.47. The molecule has 0 fully saturated rings. The fraction of sp³-hybridized carbons (Fsp3) is 0.200. The topological polar surface area (TPSA) is 121 Å². The van der Waals surface area contributed by atoms with E-state index < -0.39 is 17.5 Å². The number of benzene rings is 2. The van der Waals surface area contributed by atoms with Gasteiger partial charge in [-0.05, 0) is 54.4 Å². The second-order valence-corrected chi connectivity index (χ2v) is 7.58. The van der Waals surface area contributed by atoms with E-state index in [1.54, 1.807) is 23.1 Å². The molecule has 0 aliphatic carbocycles. The number of nitrogens with two attached hydrogens (primary N) is 1. The average Bonchev–Trinajstić information content (AvgIpc) is 3.12. The lowest BCUT2D eigenvalue weighted by molar-refractivity contribution is 0.0748. The highest BCUT2D eigenvalue weighted by atomic mass is 35.5. The second kappa shape index (κ2) is 8.09. The fourth-order valence-electron chi connectivity index (χ4n) is 3.40. The number of rotatable bonds is 5. The monoisotopic (exact) mass is 462 g/mol. The number of nitrogens with zero attached hydrogens (tertiary/aromatic N) is 3. The minimum atomic E-state index is -0.955. The number of halogens is 2. The zero-order chi connectivity index (χ0) is 22.3. The number of hydrogen-bond acceptors (Lipinski definition) is 6. The van der Waals surface area contributed by atoms with Crippen molar-refractivity contribution in [1.29, 1.82) is 0 Å². The van der Waals surface area contributed by atoms with Gasteiger partial charge in [0.25, 0.3) is 11.8 Å². The zero-order valence-corrected chi connectivity index (χ0v) is 17.7. The lowest BCUT2D eigenvalue weighted by Gasteiger charge is -2.27. The van der Waals surface area contributed by atoms with Crippen molar-refractivity contribution in [2.24, 2.45) is 5.73 Å². The van der Waals surface area contributed by atoms with E-state index in [1.807, 2.05) is 6.92 Å². The van der Waals surface area contributed by atoms with Crippen LogP contribution in [0.4, 0.5) is 0 Å². The smallest absolute Gasteiger partial charge is 0.446 e. The van der Waals surface area contributed by atoms with E-state index in [0.717, 1.165) is 10.1 Å². The van der Waals surface area contributed by atoms with Gasteiger partial charge in [0.2, 0.25) is 5.82 Å². The molecule has 0 saturated heterocycles. The van der Waals surface area contributed by atoms with Gasteiger partial charge in [-0.25, -0.2) is 9.36 Å². The second-order valence-electron chi connectivity index (χ2n) is 6.77. The molecule has 3 aromatic rings. The molecule has 0 atom stereocenters. The summed E-state index contributed by atoms with van der Waals surface area (Å²) in [4.78, 5) is 37.6. The molecular formula is C20H16Cl2N4O5. The minimum absolute atomic E-state index is 0.0138. The lowest BCUT2D eigenvalue weighted by atomic mass is 9.99. The van der Waals surface area contributed by atoms with Crippen molar-refractivity contribution in [3.05, 3.63) is 67.9 Å². The molecule has 2 amide bonds. The van der Waals surface area contributed by atoms with Crippen molar-refractivity contribution in [3.8, 4) is 17.2 Å². The molecular weight excluding hydrogens is 447 g/mol. The highest BCUT2D eigenvalue weighted by molar-refractivity contribution is 6.37. The van der Waals surface area contributed by atoms with Gasteiger partial charge in [0, 0.05) is 18.7 Å². The first-order valence-electron chi connectivity index (χ1n) is 9.28. The van der Waals surface area contributed by atoms with E-state index in [4.69, 9.17) is 33.7 Å². The lowest BCUT2D eigenvalue weighted by Crippen LogP contribution is -2.37. The Morgan fingerprint density at radius 2 is 1.94 bits per heavy atom. The Labute approximate surface area is 185 Å². The van der Waals surface area contributed by atoms with Crippen LogP contribution in [0.3, 0.4) is 0 Å². The van der Waals surface area contributed by atoms with Gasteiger partial charge in [-0.1, -0.05) is 23.2 Å². The van der Waals surface area contributed by atoms with Gasteiger partial charge in [0.15, 0.2) is 5.75 Å². The van der Waals surface area contributed by atoms with Crippen molar-refractivity contribution in [1.82, 2.24) is 14.6 Å². The van der Waals surface area contributed by atoms with Gasteiger partial charge in [-0.2, -0.15) is 0 Å². The number of amides is 2. The summed E-state index contributed by atoms with van der Waals surface area (Å²) >= 11 is 12.7. The van der Waals surface area contributed by atoms with Crippen LogP contribution in [-0.4, -0.2) is 39.5 Å². The normalized spacial score (nSPS) is 13.3. The van der Waals surface area contributed by atoms with Crippen molar-refractivity contribution in [2.45, 2.75) is 13.3 Å². The van der Waals surface area contributed by atoms with E-state index >= 15 is 0 Å². The first kappa shape index (κ1) is 21.0. The van der Waals surface area contributed by atoms with Crippen molar-refractivity contribution in [3.63, 3.8) is 0 Å². The molecule has 2 aromatic carbocycles. The summed E-state index contributed by atoms with van der Waals surface area (Å²) < 4.78 is 11.2. The maximum Gasteiger partial charge on any atom is 0.446 e. The van der Waals surface area contributed by atoms with E-state index in [9.17, 15) is 14.4 Å². The van der Waals surface area contributed by atoms with Crippen LogP contribution < -0.4 is 16.2 Å². The number of ether oxygens (including phenoxy) is 1. The highest BCUT2D eigenvalue weighted by Crippen LogP contribution is 2.39. The van der Waals surface area contributed by atoms with Gasteiger partial charge in [0.05, 0.1) is 15.7 Å². The molecule has 1 aliphatic heterocycles. The number of likely N-dealkylation sites (N-methyl/N-ethyl adjacent to an activating group) is 1. The van der Waals surface area contributed by atoms with E-state index in [-0.39, 0.29) is 27.4 Å². The summed E-state index contributed by atoms with van der Waals surface area (Å²) in [6.45, 7) is 3.23. The molecule has 1 aromatic heterocycles. The number of carbonyl (C=O) groups is 2. The van der Waals surface area contributed by atoms with Crippen molar-refractivity contribution >= 4 is 35.0 Å². The number of primary amides is 1. The Morgan fingerprint density at radius 1 is 1.23 bits per heavy atom. The average molecular weight is 463 g/mol. The predicted molar refractivity (Wildman–Crippen MR) is 112 cm³/mol. The molecule has 9 nitrogen and oxygen atoms in total. The molecule has 4 rings (SSSR count). The summed E-state index contributed by atoms with van der Waals surface area (Å²) in [7, 11) is 0. The van der Waals surface area contributed by atoms with Gasteiger partial charge < -0.3 is 15.4 Å².